The molecular weight excluding hydrogens is 422 g/mol. The van der Waals surface area contributed by atoms with Crippen LogP contribution in [0.4, 0.5) is 8.78 Å². The number of hydrogen-bond acceptors (Lipinski definition) is 3. The minimum Gasteiger partial charge on any atom is -0.390 e. The molecule has 7 heteroatoms. The second kappa shape index (κ2) is 9.27. The summed E-state index contributed by atoms with van der Waals surface area (Å²) in [6, 6.07) is 18.9. The maximum atomic E-state index is 13.7. The molecule has 0 saturated carbocycles. The number of halogens is 3. The summed E-state index contributed by atoms with van der Waals surface area (Å²) in [5, 5.41) is 4.61. The molecule has 0 aromatic heterocycles. The Hall–Kier alpha value is -3.25. The maximum Gasteiger partial charge on any atom is 0.254 e. The number of benzene rings is 3. The van der Waals surface area contributed by atoms with Gasteiger partial charge in [0, 0.05) is 29.1 Å². The summed E-state index contributed by atoms with van der Waals surface area (Å²) < 4.78 is 27.2. The molecule has 1 atom stereocenters. The fraction of sp³-hybridized carbons (Fsp3) is 0.167. The van der Waals surface area contributed by atoms with Crippen LogP contribution in [0.5, 0.6) is 0 Å². The molecule has 1 aliphatic heterocycles. The lowest BCUT2D eigenvalue weighted by Gasteiger charge is -2.25. The number of carbonyl (C=O) groups excluding carboxylic acids is 1. The van der Waals surface area contributed by atoms with Crippen LogP contribution >= 0.6 is 11.6 Å². The second-order valence-corrected chi connectivity index (χ2v) is 7.67. The highest BCUT2D eigenvalue weighted by Crippen LogP contribution is 2.23. The Morgan fingerprint density at radius 3 is 2.52 bits per heavy atom. The van der Waals surface area contributed by atoms with Gasteiger partial charge in [-0.15, -0.1) is 0 Å². The molecule has 0 spiro atoms. The normalized spacial score (nSPS) is 15.3. The van der Waals surface area contributed by atoms with Crippen molar-refractivity contribution in [2.45, 2.75) is 19.1 Å². The van der Waals surface area contributed by atoms with Crippen molar-refractivity contribution < 1.29 is 18.4 Å². The highest BCUT2D eigenvalue weighted by Gasteiger charge is 2.28. The molecule has 31 heavy (non-hydrogen) atoms. The zero-order valence-corrected chi connectivity index (χ0v) is 17.2. The van der Waals surface area contributed by atoms with Crippen LogP contribution in [-0.4, -0.2) is 29.2 Å². The minimum atomic E-state index is -0.489. The minimum absolute atomic E-state index is 0.211. The van der Waals surface area contributed by atoms with Crippen molar-refractivity contribution >= 4 is 23.2 Å². The average Bonchev–Trinajstić information content (AvgIpc) is 3.23. The van der Waals surface area contributed by atoms with E-state index in [1.54, 1.807) is 29.2 Å². The zero-order valence-electron chi connectivity index (χ0n) is 16.5. The van der Waals surface area contributed by atoms with Gasteiger partial charge in [-0.3, -0.25) is 4.79 Å². The summed E-state index contributed by atoms with van der Waals surface area (Å²) in [6.07, 6.45) is -0.00269. The predicted octanol–water partition coefficient (Wildman–Crippen LogP) is 5.45. The Bertz CT molecular complexity index is 1140. The van der Waals surface area contributed by atoms with Crippen LogP contribution < -0.4 is 0 Å². The fourth-order valence-corrected chi connectivity index (χ4v) is 3.66. The van der Waals surface area contributed by atoms with E-state index in [-0.39, 0.29) is 30.4 Å². The Morgan fingerprint density at radius 1 is 1.03 bits per heavy atom. The van der Waals surface area contributed by atoms with Gasteiger partial charge in [-0.2, -0.15) is 0 Å². The van der Waals surface area contributed by atoms with Gasteiger partial charge in [0.05, 0.1) is 12.3 Å². The molecule has 0 aliphatic carbocycles. The van der Waals surface area contributed by atoms with Gasteiger partial charge in [0.25, 0.3) is 5.91 Å². The molecule has 4 nitrogen and oxygen atoms in total. The lowest BCUT2D eigenvalue weighted by molar-refractivity contribution is 0.0405. The van der Waals surface area contributed by atoms with Gasteiger partial charge in [0.15, 0.2) is 6.10 Å². The van der Waals surface area contributed by atoms with E-state index >= 15 is 0 Å². The monoisotopic (exact) mass is 440 g/mol. The van der Waals surface area contributed by atoms with E-state index in [0.29, 0.717) is 22.7 Å². The highest BCUT2D eigenvalue weighted by atomic mass is 35.5. The average molecular weight is 441 g/mol. The highest BCUT2D eigenvalue weighted by molar-refractivity contribution is 6.31. The molecule has 3 aromatic carbocycles. The number of carbonyl (C=O) groups is 1. The van der Waals surface area contributed by atoms with Gasteiger partial charge in [-0.25, -0.2) is 8.78 Å². The molecule has 1 amide bonds. The van der Waals surface area contributed by atoms with Crippen molar-refractivity contribution in [2.24, 2.45) is 5.16 Å². The van der Waals surface area contributed by atoms with E-state index in [0.717, 1.165) is 5.56 Å². The first-order valence-electron chi connectivity index (χ1n) is 9.76. The number of amides is 1. The fourth-order valence-electron chi connectivity index (χ4n) is 3.47. The van der Waals surface area contributed by atoms with Crippen molar-refractivity contribution in [3.63, 3.8) is 0 Å². The van der Waals surface area contributed by atoms with E-state index in [4.69, 9.17) is 16.4 Å². The number of nitrogens with zero attached hydrogens (tertiary/aromatic N) is 2. The molecule has 0 bridgehead atoms. The number of rotatable bonds is 6. The van der Waals surface area contributed by atoms with E-state index in [1.165, 1.54) is 30.3 Å². The number of hydrogen-bond donors (Lipinski definition) is 0. The second-order valence-electron chi connectivity index (χ2n) is 7.27. The van der Waals surface area contributed by atoms with E-state index in [2.05, 4.69) is 5.16 Å². The van der Waals surface area contributed by atoms with Crippen molar-refractivity contribution in [1.82, 2.24) is 4.90 Å². The van der Waals surface area contributed by atoms with Crippen LogP contribution in [0.1, 0.15) is 27.9 Å². The first kappa shape index (κ1) is 21.0. The van der Waals surface area contributed by atoms with E-state index in [9.17, 15) is 13.6 Å². The SMILES string of the molecule is O=C(c1cccc(F)c1)N(Cc1ccccc1Cl)C[C@H]1CC(c2cccc(F)c2)=NO1. The standard InChI is InChI=1S/C24H19ClF2N2O2/c25-22-10-2-1-5-18(22)14-29(24(30)17-7-4-9-20(27)12-17)15-21-13-23(28-31-21)16-6-3-8-19(26)11-16/h1-12,21H,13-15H2/t21-/m1/s1. The molecule has 4 rings (SSSR count). The molecule has 3 aromatic rings. The molecular formula is C24H19ClF2N2O2. The molecule has 0 fully saturated rings. The lowest BCUT2D eigenvalue weighted by Crippen LogP contribution is -2.37. The third-order valence-electron chi connectivity index (χ3n) is 4.99. The van der Waals surface area contributed by atoms with E-state index < -0.39 is 11.9 Å². The summed E-state index contributed by atoms with van der Waals surface area (Å²) in [6.45, 7) is 0.438. The first-order chi connectivity index (χ1) is 15.0. The third-order valence-corrected chi connectivity index (χ3v) is 5.36. The molecule has 1 heterocycles. The molecule has 0 radical (unpaired) electrons. The maximum absolute atomic E-state index is 13.7. The molecule has 0 unspecified atom stereocenters. The molecule has 0 saturated heterocycles. The van der Waals surface area contributed by atoms with E-state index in [1.807, 2.05) is 18.2 Å². The van der Waals surface area contributed by atoms with Gasteiger partial charge >= 0.3 is 0 Å². The van der Waals surface area contributed by atoms with Crippen LogP contribution in [0.3, 0.4) is 0 Å². The Labute approximate surface area is 183 Å². The van der Waals surface area contributed by atoms with Crippen molar-refractivity contribution in [1.29, 1.82) is 0 Å². The van der Waals surface area contributed by atoms with Crippen LogP contribution in [0.2, 0.25) is 5.02 Å². The molecule has 0 N–H and O–H groups in total. The predicted molar refractivity (Wildman–Crippen MR) is 115 cm³/mol. The quantitative estimate of drug-likeness (QED) is 0.511. The van der Waals surface area contributed by atoms with Gasteiger partial charge in [0.2, 0.25) is 0 Å². The molecule has 158 valence electrons. The van der Waals surface area contributed by atoms with Crippen LogP contribution in [0.15, 0.2) is 78.0 Å². The van der Waals surface area contributed by atoms with Crippen LogP contribution in [0, 0.1) is 11.6 Å². The summed E-state index contributed by atoms with van der Waals surface area (Å²) >= 11 is 6.29. The summed E-state index contributed by atoms with van der Waals surface area (Å²) in [5.74, 6) is -1.19. The summed E-state index contributed by atoms with van der Waals surface area (Å²) in [5.41, 5.74) is 2.24. The van der Waals surface area contributed by atoms with Crippen LogP contribution in [0.25, 0.3) is 0 Å². The summed E-state index contributed by atoms with van der Waals surface area (Å²) in [4.78, 5) is 20.3. The summed E-state index contributed by atoms with van der Waals surface area (Å²) in [7, 11) is 0. The Balaban J connectivity index is 1.53. The van der Waals surface area contributed by atoms with Gasteiger partial charge in [0.1, 0.15) is 11.6 Å². The Kier molecular flexibility index (Phi) is 6.28. The number of oxime groups is 1. The van der Waals surface area contributed by atoms with Crippen LogP contribution in [-0.2, 0) is 11.4 Å². The third kappa shape index (κ3) is 5.09. The van der Waals surface area contributed by atoms with Gasteiger partial charge < -0.3 is 9.74 Å². The lowest BCUT2D eigenvalue weighted by atomic mass is 10.0. The van der Waals surface area contributed by atoms with Crippen molar-refractivity contribution in [2.75, 3.05) is 6.54 Å². The first-order valence-corrected chi connectivity index (χ1v) is 10.1. The topological polar surface area (TPSA) is 41.9 Å². The van der Waals surface area contributed by atoms with Crippen molar-refractivity contribution in [3.05, 3.63) is 106 Å². The van der Waals surface area contributed by atoms with Gasteiger partial charge in [-0.05, 0) is 42.0 Å². The largest absolute Gasteiger partial charge is 0.390 e. The smallest absolute Gasteiger partial charge is 0.254 e. The van der Waals surface area contributed by atoms with Crippen molar-refractivity contribution in [3.8, 4) is 0 Å². The molecule has 1 aliphatic rings. The van der Waals surface area contributed by atoms with Gasteiger partial charge in [-0.1, -0.05) is 53.2 Å². The zero-order chi connectivity index (χ0) is 21.8. The Morgan fingerprint density at radius 2 is 1.77 bits per heavy atom.